The Balaban J connectivity index is 2.18. The molecule has 0 fully saturated rings. The first-order valence-corrected chi connectivity index (χ1v) is 12.0. The van der Waals surface area contributed by atoms with Gasteiger partial charge in [0.2, 0.25) is 5.91 Å². The van der Waals surface area contributed by atoms with Crippen LogP contribution >= 0.6 is 0 Å². The number of carboxylic acid groups (broad SMARTS) is 1. The molecule has 0 unspecified atom stereocenters. The maximum absolute atomic E-state index is 11.5. The van der Waals surface area contributed by atoms with Crippen molar-refractivity contribution in [2.24, 2.45) is 0 Å². The van der Waals surface area contributed by atoms with Crippen LogP contribution in [0.15, 0.2) is 12.4 Å². The summed E-state index contributed by atoms with van der Waals surface area (Å²) >= 11 is 0. The Morgan fingerprint density at radius 3 is 2.69 bits per heavy atom. The van der Waals surface area contributed by atoms with Crippen LogP contribution in [-0.4, -0.2) is 59.8 Å². The highest BCUT2D eigenvalue weighted by atomic mass is 28.3. The molecule has 2 aromatic rings. The van der Waals surface area contributed by atoms with E-state index < -0.39 is 14.0 Å². The summed E-state index contributed by atoms with van der Waals surface area (Å²) in [7, 11) is 0.343. The number of aromatic nitrogens is 3. The van der Waals surface area contributed by atoms with Crippen LogP contribution in [0.1, 0.15) is 10.4 Å². The largest absolute Gasteiger partial charge is 0.478 e. The molecule has 0 aromatic carbocycles. The van der Waals surface area contributed by atoms with Gasteiger partial charge in [-0.05, 0) is 6.04 Å². The van der Waals surface area contributed by atoms with E-state index in [-0.39, 0.29) is 30.3 Å². The van der Waals surface area contributed by atoms with Crippen LogP contribution in [0.2, 0.25) is 25.7 Å². The smallest absolute Gasteiger partial charge is 0.339 e. The second kappa shape index (κ2) is 8.28. The number of carboxylic acids is 1. The van der Waals surface area contributed by atoms with Crippen molar-refractivity contribution in [2.75, 3.05) is 25.5 Å². The molecule has 2 aromatic heterocycles. The van der Waals surface area contributed by atoms with Crippen LogP contribution in [0.4, 0.5) is 5.82 Å². The molecule has 2 heterocycles. The number of anilines is 1. The lowest BCUT2D eigenvalue weighted by molar-refractivity contribution is -0.118. The van der Waals surface area contributed by atoms with Crippen molar-refractivity contribution in [2.45, 2.75) is 32.4 Å². The molecule has 0 saturated carbocycles. The molecule has 0 saturated heterocycles. The van der Waals surface area contributed by atoms with Gasteiger partial charge in [-0.15, -0.1) is 0 Å². The third-order valence-electron chi connectivity index (χ3n) is 3.73. The molecule has 0 spiro atoms. The SMILES string of the molecule is CNC(=O)CNc1cnc2c(n1)c(C(=O)O)cn2COCC[Si](C)(C)C. The lowest BCUT2D eigenvalue weighted by atomic mass is 10.3. The molecule has 0 aliphatic heterocycles. The van der Waals surface area contributed by atoms with Gasteiger partial charge < -0.3 is 25.0 Å². The lowest BCUT2D eigenvalue weighted by Crippen LogP contribution is -2.26. The highest BCUT2D eigenvalue weighted by molar-refractivity contribution is 6.76. The minimum Gasteiger partial charge on any atom is -0.478 e. The molecule has 26 heavy (non-hydrogen) atoms. The zero-order valence-corrected chi connectivity index (χ0v) is 16.5. The van der Waals surface area contributed by atoms with E-state index in [4.69, 9.17) is 4.74 Å². The van der Waals surface area contributed by atoms with Gasteiger partial charge in [-0.3, -0.25) is 4.79 Å². The molecule has 0 bridgehead atoms. The fraction of sp³-hybridized carbons (Fsp3) is 0.500. The van der Waals surface area contributed by atoms with Crippen molar-refractivity contribution >= 4 is 36.9 Å². The van der Waals surface area contributed by atoms with E-state index in [9.17, 15) is 14.7 Å². The van der Waals surface area contributed by atoms with Crippen molar-refractivity contribution in [3.8, 4) is 0 Å². The highest BCUT2D eigenvalue weighted by Crippen LogP contribution is 2.20. The van der Waals surface area contributed by atoms with Gasteiger partial charge in [0.1, 0.15) is 23.6 Å². The predicted molar refractivity (Wildman–Crippen MR) is 101 cm³/mol. The van der Waals surface area contributed by atoms with E-state index in [1.807, 2.05) is 0 Å². The maximum atomic E-state index is 11.5. The minimum absolute atomic E-state index is 0.0274. The summed E-state index contributed by atoms with van der Waals surface area (Å²) in [6, 6.07) is 1.03. The number of likely N-dealkylation sites (N-methyl/N-ethyl adjacent to an activating group) is 1. The Morgan fingerprint density at radius 2 is 2.08 bits per heavy atom. The summed E-state index contributed by atoms with van der Waals surface area (Å²) in [5.41, 5.74) is 0.735. The van der Waals surface area contributed by atoms with Gasteiger partial charge in [0.05, 0.1) is 12.7 Å². The summed E-state index contributed by atoms with van der Waals surface area (Å²) in [5.74, 6) is -0.965. The molecule has 10 heteroatoms. The average molecular weight is 379 g/mol. The summed E-state index contributed by atoms with van der Waals surface area (Å²) in [6.45, 7) is 7.67. The third kappa shape index (κ3) is 5.26. The first kappa shape index (κ1) is 19.9. The first-order valence-electron chi connectivity index (χ1n) is 8.32. The van der Waals surface area contributed by atoms with Crippen molar-refractivity contribution in [1.82, 2.24) is 19.9 Å². The average Bonchev–Trinajstić information content (AvgIpc) is 2.94. The van der Waals surface area contributed by atoms with Gasteiger partial charge in [0, 0.05) is 27.9 Å². The topological polar surface area (TPSA) is 118 Å². The number of nitrogens with one attached hydrogen (secondary N) is 2. The Bertz CT molecular complexity index is 800. The number of hydrogen-bond acceptors (Lipinski definition) is 6. The number of fused-ring (bicyclic) bond motifs is 1. The lowest BCUT2D eigenvalue weighted by Gasteiger charge is -2.15. The van der Waals surface area contributed by atoms with E-state index in [1.165, 1.54) is 19.4 Å². The van der Waals surface area contributed by atoms with Crippen molar-refractivity contribution in [3.05, 3.63) is 18.0 Å². The van der Waals surface area contributed by atoms with Crippen LogP contribution in [0.25, 0.3) is 11.2 Å². The van der Waals surface area contributed by atoms with E-state index in [1.54, 1.807) is 4.57 Å². The van der Waals surface area contributed by atoms with E-state index >= 15 is 0 Å². The number of aromatic carboxylic acids is 1. The highest BCUT2D eigenvalue weighted by Gasteiger charge is 2.18. The Hall–Kier alpha value is -2.46. The van der Waals surface area contributed by atoms with Gasteiger partial charge in [-0.25, -0.2) is 14.8 Å². The van der Waals surface area contributed by atoms with Crippen molar-refractivity contribution in [3.63, 3.8) is 0 Å². The molecule has 0 aliphatic rings. The normalized spacial score (nSPS) is 11.5. The summed E-state index contributed by atoms with van der Waals surface area (Å²) in [6.07, 6.45) is 2.94. The molecular formula is C16H25N5O4Si. The van der Waals surface area contributed by atoms with E-state index in [0.717, 1.165) is 6.04 Å². The number of rotatable bonds is 9. The standard InChI is InChI=1S/C16H25N5O4Si/c1-17-13(22)8-18-12-7-19-15-14(20-12)11(16(23)24)9-21(15)10-25-5-6-26(2,3)4/h7,9H,5-6,8,10H2,1-4H3,(H,17,22)(H,18,20)(H,23,24). The Morgan fingerprint density at radius 1 is 1.35 bits per heavy atom. The fourth-order valence-electron chi connectivity index (χ4n) is 2.19. The van der Waals surface area contributed by atoms with Crippen LogP contribution in [0, 0.1) is 0 Å². The summed E-state index contributed by atoms with van der Waals surface area (Å²) in [5, 5.41) is 14.7. The van der Waals surface area contributed by atoms with Gasteiger partial charge >= 0.3 is 5.97 Å². The second-order valence-electron chi connectivity index (χ2n) is 7.12. The number of hydrogen-bond donors (Lipinski definition) is 3. The molecular weight excluding hydrogens is 354 g/mol. The fourth-order valence-corrected chi connectivity index (χ4v) is 2.95. The first-order chi connectivity index (χ1) is 12.2. The number of ether oxygens (including phenoxy) is 1. The van der Waals surface area contributed by atoms with Gasteiger partial charge in [0.25, 0.3) is 0 Å². The number of carbonyl (C=O) groups excluding carboxylic acids is 1. The second-order valence-corrected chi connectivity index (χ2v) is 12.7. The summed E-state index contributed by atoms with van der Waals surface area (Å²) < 4.78 is 7.33. The summed E-state index contributed by atoms with van der Waals surface area (Å²) in [4.78, 5) is 31.4. The van der Waals surface area contributed by atoms with Gasteiger partial charge in [-0.1, -0.05) is 19.6 Å². The minimum atomic E-state index is -1.19. The van der Waals surface area contributed by atoms with Crippen molar-refractivity contribution < 1.29 is 19.4 Å². The van der Waals surface area contributed by atoms with E-state index in [0.29, 0.717) is 18.1 Å². The third-order valence-corrected chi connectivity index (χ3v) is 5.44. The molecule has 142 valence electrons. The number of carbonyl (C=O) groups is 2. The molecule has 3 N–H and O–H groups in total. The Labute approximate surface area is 152 Å². The molecule has 9 nitrogen and oxygen atoms in total. The number of amides is 1. The van der Waals surface area contributed by atoms with Gasteiger partial charge in [-0.2, -0.15) is 0 Å². The molecule has 2 rings (SSSR count). The number of nitrogens with zero attached hydrogens (tertiary/aromatic N) is 3. The van der Waals surface area contributed by atoms with Crippen LogP contribution < -0.4 is 10.6 Å². The quantitative estimate of drug-likeness (QED) is 0.447. The van der Waals surface area contributed by atoms with Crippen LogP contribution in [0.5, 0.6) is 0 Å². The molecule has 1 amide bonds. The molecule has 0 radical (unpaired) electrons. The van der Waals surface area contributed by atoms with E-state index in [2.05, 4.69) is 40.2 Å². The molecule has 0 atom stereocenters. The molecule has 0 aliphatic carbocycles. The zero-order valence-electron chi connectivity index (χ0n) is 15.5. The maximum Gasteiger partial charge on any atom is 0.339 e. The Kier molecular flexibility index (Phi) is 6.32. The van der Waals surface area contributed by atoms with Crippen LogP contribution in [0.3, 0.4) is 0 Å². The zero-order chi connectivity index (χ0) is 19.3. The predicted octanol–water partition coefficient (Wildman–Crippen LogP) is 1.60. The van der Waals surface area contributed by atoms with Gasteiger partial charge in [0.15, 0.2) is 5.65 Å². The monoisotopic (exact) mass is 379 g/mol. The van der Waals surface area contributed by atoms with Crippen molar-refractivity contribution in [1.29, 1.82) is 0 Å². The van der Waals surface area contributed by atoms with Crippen LogP contribution in [-0.2, 0) is 16.3 Å².